The molecule has 0 radical (unpaired) electrons. The summed E-state index contributed by atoms with van der Waals surface area (Å²) in [6, 6.07) is 13.9. The molecule has 1 aliphatic carbocycles. The summed E-state index contributed by atoms with van der Waals surface area (Å²) in [5.74, 6) is 1.20. The van der Waals surface area contributed by atoms with Crippen molar-refractivity contribution >= 4 is 47.2 Å². The van der Waals surface area contributed by atoms with Gasteiger partial charge in [-0.3, -0.25) is 9.59 Å². The van der Waals surface area contributed by atoms with Crippen LogP contribution >= 0.6 is 23.2 Å². The second-order valence-corrected chi connectivity index (χ2v) is 14.9. The van der Waals surface area contributed by atoms with Crippen LogP contribution in [0.25, 0.3) is 33.6 Å². The molecular weight excluding hydrogens is 735 g/mol. The fourth-order valence-electron chi connectivity index (χ4n) is 7.78. The monoisotopic (exact) mass is 776 g/mol. The van der Waals surface area contributed by atoms with Crippen molar-refractivity contribution in [3.63, 3.8) is 0 Å². The molecule has 3 fully saturated rings. The second-order valence-electron chi connectivity index (χ2n) is 14.2. The number of nitrogens with zero attached hydrogens (tertiary/aromatic N) is 4. The predicted molar refractivity (Wildman–Crippen MR) is 201 cm³/mol. The number of carbonyl (C=O) groups excluding carboxylic acids is 4. The molecule has 3 aliphatic rings. The zero-order valence-corrected chi connectivity index (χ0v) is 32.0. The van der Waals surface area contributed by atoms with E-state index in [0.29, 0.717) is 45.7 Å². The van der Waals surface area contributed by atoms with Gasteiger partial charge in [0.2, 0.25) is 11.8 Å². The minimum absolute atomic E-state index is 0.0420. The van der Waals surface area contributed by atoms with Gasteiger partial charge in [0.25, 0.3) is 0 Å². The lowest BCUT2D eigenvalue weighted by molar-refractivity contribution is -0.136. The van der Waals surface area contributed by atoms with Gasteiger partial charge in [-0.15, -0.1) is 0 Å². The molecule has 0 unspecified atom stereocenters. The Morgan fingerprint density at radius 1 is 0.704 bits per heavy atom. The Labute approximate surface area is 322 Å². The average molecular weight is 778 g/mol. The second kappa shape index (κ2) is 15.0. The van der Waals surface area contributed by atoms with Gasteiger partial charge in [-0.25, -0.2) is 19.6 Å². The third-order valence-corrected chi connectivity index (χ3v) is 11.3. The number of imidazole rings is 2. The summed E-state index contributed by atoms with van der Waals surface area (Å²) < 4.78 is 9.34. The summed E-state index contributed by atoms with van der Waals surface area (Å²) in [5, 5.41) is 5.76. The standard InChI is InChI=1S/C38H42Cl2N8O6/c1-18-6-15-26(47(18)35(49)19(2)41-37(51)53-4)33-43-29(31(39)45-33)23-11-7-21(8-12-23)22-9-13-24(14-10-22)30-32(40)46-34(44-30)28-17-25-16-27(25)48(28)36(50)20(3)42-38(52)54-5/h7-14,18-20,25-28H,6,15-17H2,1-5H3,(H,41,51)(H,42,52)(H,43,45)(H,44,46)/t18-,19+,20+,25-,26+,27-,28+/m1/s1. The van der Waals surface area contributed by atoms with Crippen molar-refractivity contribution in [2.45, 2.75) is 82.7 Å². The minimum atomic E-state index is -0.764. The Morgan fingerprint density at radius 2 is 1.15 bits per heavy atom. The number of hydrogen-bond acceptors (Lipinski definition) is 8. The molecule has 4 heterocycles. The van der Waals surface area contributed by atoms with Crippen LogP contribution in [0.15, 0.2) is 48.5 Å². The van der Waals surface area contributed by atoms with E-state index in [2.05, 4.69) is 40.0 Å². The van der Waals surface area contributed by atoms with Crippen LogP contribution in [0.3, 0.4) is 0 Å². The van der Waals surface area contributed by atoms with E-state index in [0.717, 1.165) is 41.5 Å². The number of piperidine rings is 1. The number of aromatic nitrogens is 4. The van der Waals surface area contributed by atoms with E-state index in [1.807, 2.05) is 60.4 Å². The van der Waals surface area contributed by atoms with Gasteiger partial charge in [-0.05, 0) is 63.5 Å². The first kappa shape index (κ1) is 37.2. The molecule has 4 N–H and O–H groups in total. The van der Waals surface area contributed by atoms with Crippen LogP contribution in [-0.4, -0.2) is 92.1 Å². The zero-order chi connectivity index (χ0) is 38.4. The van der Waals surface area contributed by atoms with Gasteiger partial charge < -0.3 is 39.9 Å². The average Bonchev–Trinajstić information content (AvgIpc) is 3.48. The van der Waals surface area contributed by atoms with E-state index in [1.165, 1.54) is 14.2 Å². The van der Waals surface area contributed by atoms with Gasteiger partial charge in [0.05, 0.1) is 37.7 Å². The number of nitrogens with one attached hydrogen (secondary N) is 4. The quantitative estimate of drug-likeness (QED) is 0.146. The number of methoxy groups -OCH3 is 2. The first-order valence-electron chi connectivity index (χ1n) is 17.9. The molecule has 4 amide bonds. The SMILES string of the molecule is COC(=O)N[C@@H](C)C(=O)N1[C@H](C)CC[C@H]1c1nc(Cl)c(-c2ccc(-c3ccc(-c4[nH]c([C@@H]5C[C@H]6C[C@H]6N5C(=O)[C@H](C)NC(=O)OC)nc4Cl)cc3)cc2)[nH]1. The molecule has 1 saturated carbocycles. The van der Waals surface area contributed by atoms with Crippen LogP contribution in [0.5, 0.6) is 0 Å². The number of H-pyrrole nitrogens is 2. The molecular formula is C38H42Cl2N8O6. The number of ether oxygens (including phenoxy) is 2. The topological polar surface area (TPSA) is 175 Å². The van der Waals surface area contributed by atoms with E-state index in [9.17, 15) is 19.2 Å². The van der Waals surface area contributed by atoms with Crippen molar-refractivity contribution in [1.29, 1.82) is 0 Å². The number of aromatic amines is 2. The highest BCUT2D eigenvalue weighted by atomic mass is 35.5. The Hall–Kier alpha value is -5.08. The van der Waals surface area contributed by atoms with E-state index < -0.39 is 24.3 Å². The van der Waals surface area contributed by atoms with E-state index in [-0.39, 0.29) is 36.0 Å². The summed E-state index contributed by atoms with van der Waals surface area (Å²) in [4.78, 5) is 69.7. The summed E-state index contributed by atoms with van der Waals surface area (Å²) in [5.41, 5.74) is 4.98. The van der Waals surface area contributed by atoms with Crippen LogP contribution in [0.4, 0.5) is 9.59 Å². The smallest absolute Gasteiger partial charge is 0.407 e. The molecule has 2 aromatic carbocycles. The van der Waals surface area contributed by atoms with Crippen LogP contribution in [0.1, 0.15) is 70.2 Å². The third kappa shape index (κ3) is 7.12. The first-order chi connectivity index (χ1) is 25.9. The highest BCUT2D eigenvalue weighted by Gasteiger charge is 2.56. The maximum absolute atomic E-state index is 13.4. The molecule has 14 nitrogen and oxygen atoms in total. The molecule has 7 rings (SSSR count). The predicted octanol–water partition coefficient (Wildman–Crippen LogP) is 6.64. The number of alkyl carbamates (subject to hydrolysis) is 2. The summed E-state index contributed by atoms with van der Waals surface area (Å²) in [7, 11) is 2.52. The highest BCUT2D eigenvalue weighted by Crippen LogP contribution is 2.53. The Kier molecular flexibility index (Phi) is 10.3. The van der Waals surface area contributed by atoms with Gasteiger partial charge >= 0.3 is 12.2 Å². The zero-order valence-electron chi connectivity index (χ0n) is 30.5. The number of fused-ring (bicyclic) bond motifs is 1. The van der Waals surface area contributed by atoms with Crippen molar-refractivity contribution < 1.29 is 28.7 Å². The molecule has 284 valence electrons. The fourth-order valence-corrected chi connectivity index (χ4v) is 8.27. The molecule has 2 saturated heterocycles. The largest absolute Gasteiger partial charge is 0.453 e. The summed E-state index contributed by atoms with van der Waals surface area (Å²) >= 11 is 13.3. The van der Waals surface area contributed by atoms with E-state index in [1.54, 1.807) is 18.7 Å². The number of amides is 4. The first-order valence-corrected chi connectivity index (χ1v) is 18.7. The Bertz CT molecular complexity index is 1940. The lowest BCUT2D eigenvalue weighted by Crippen LogP contribution is -2.48. The highest BCUT2D eigenvalue weighted by molar-refractivity contribution is 6.32. The van der Waals surface area contributed by atoms with Crippen LogP contribution in [-0.2, 0) is 19.1 Å². The van der Waals surface area contributed by atoms with Crippen LogP contribution < -0.4 is 10.6 Å². The van der Waals surface area contributed by atoms with Gasteiger partial charge in [-0.1, -0.05) is 71.7 Å². The van der Waals surface area contributed by atoms with Crippen molar-refractivity contribution in [2.24, 2.45) is 5.92 Å². The number of likely N-dealkylation sites (tertiary alicyclic amines) is 2. The number of benzene rings is 2. The van der Waals surface area contributed by atoms with Crippen molar-refractivity contribution in [1.82, 2.24) is 40.4 Å². The van der Waals surface area contributed by atoms with Crippen molar-refractivity contribution in [3.05, 3.63) is 70.5 Å². The van der Waals surface area contributed by atoms with Gasteiger partial charge in [-0.2, -0.15) is 0 Å². The van der Waals surface area contributed by atoms with Gasteiger partial charge in [0.15, 0.2) is 10.3 Å². The number of hydrogen-bond donors (Lipinski definition) is 4. The van der Waals surface area contributed by atoms with Gasteiger partial charge in [0.1, 0.15) is 23.7 Å². The lowest BCUT2D eigenvalue weighted by atomic mass is 10.0. The third-order valence-electron chi connectivity index (χ3n) is 10.7. The molecule has 54 heavy (non-hydrogen) atoms. The summed E-state index contributed by atoms with van der Waals surface area (Å²) in [6.07, 6.45) is 1.88. The molecule has 2 aliphatic heterocycles. The maximum Gasteiger partial charge on any atom is 0.407 e. The van der Waals surface area contributed by atoms with E-state index >= 15 is 0 Å². The Morgan fingerprint density at radius 3 is 1.63 bits per heavy atom. The van der Waals surface area contributed by atoms with Gasteiger partial charge in [0, 0.05) is 23.2 Å². The molecule has 16 heteroatoms. The molecule has 7 atom stereocenters. The molecule has 4 aromatic rings. The van der Waals surface area contributed by atoms with E-state index in [4.69, 9.17) is 23.2 Å². The summed E-state index contributed by atoms with van der Waals surface area (Å²) in [6.45, 7) is 5.26. The normalized spacial score (nSPS) is 22.7. The molecule has 0 bridgehead atoms. The maximum atomic E-state index is 13.4. The lowest BCUT2D eigenvalue weighted by Gasteiger charge is -2.30. The van der Waals surface area contributed by atoms with Crippen molar-refractivity contribution in [2.75, 3.05) is 14.2 Å². The number of carbonyl (C=O) groups is 4. The number of rotatable bonds is 9. The number of halogens is 2. The Balaban J connectivity index is 1.04. The van der Waals surface area contributed by atoms with Crippen LogP contribution in [0, 0.1) is 5.92 Å². The van der Waals surface area contributed by atoms with Crippen LogP contribution in [0.2, 0.25) is 10.3 Å². The molecule has 2 aromatic heterocycles. The molecule has 0 spiro atoms. The fraction of sp³-hybridized carbons (Fsp3) is 0.421. The minimum Gasteiger partial charge on any atom is -0.453 e. The van der Waals surface area contributed by atoms with Crippen molar-refractivity contribution in [3.8, 4) is 33.6 Å².